The number of carbonyl (C=O) groups excluding carboxylic acids is 1. The van der Waals surface area contributed by atoms with Crippen LogP contribution in [0.4, 0.5) is 10.5 Å². The van der Waals surface area contributed by atoms with Gasteiger partial charge in [0.1, 0.15) is 0 Å². The summed E-state index contributed by atoms with van der Waals surface area (Å²) in [6, 6.07) is 4.09. The van der Waals surface area contributed by atoms with Gasteiger partial charge < -0.3 is 20.4 Å². The lowest BCUT2D eigenvalue weighted by molar-refractivity contribution is 0.0697. The first-order chi connectivity index (χ1) is 9.47. The number of carbonyl (C=O) groups is 2. The van der Waals surface area contributed by atoms with Crippen molar-refractivity contribution in [3.05, 3.63) is 28.2 Å². The SMILES string of the molecule is O=C(O)c1ccc(NC(=O)N2CCCC(O)C2)c(Br)c1. The van der Waals surface area contributed by atoms with Gasteiger partial charge in [0.05, 0.1) is 17.4 Å². The van der Waals surface area contributed by atoms with E-state index in [0.717, 1.165) is 6.42 Å². The van der Waals surface area contributed by atoms with E-state index in [9.17, 15) is 14.7 Å². The van der Waals surface area contributed by atoms with Crippen molar-refractivity contribution in [3.63, 3.8) is 0 Å². The summed E-state index contributed by atoms with van der Waals surface area (Å²) in [7, 11) is 0. The van der Waals surface area contributed by atoms with Gasteiger partial charge in [-0.15, -0.1) is 0 Å². The second-order valence-electron chi connectivity index (χ2n) is 4.67. The Morgan fingerprint density at radius 2 is 2.15 bits per heavy atom. The molecule has 0 bridgehead atoms. The van der Waals surface area contributed by atoms with Crippen LogP contribution < -0.4 is 5.32 Å². The normalized spacial score (nSPS) is 18.7. The van der Waals surface area contributed by atoms with Gasteiger partial charge in [-0.2, -0.15) is 0 Å². The molecule has 1 unspecified atom stereocenters. The number of carboxylic acid groups (broad SMARTS) is 1. The van der Waals surface area contributed by atoms with Gasteiger partial charge in [0.2, 0.25) is 0 Å². The van der Waals surface area contributed by atoms with Crippen LogP contribution in [0, 0.1) is 0 Å². The number of nitrogens with one attached hydrogen (secondary N) is 1. The van der Waals surface area contributed by atoms with Crippen LogP contribution in [0.15, 0.2) is 22.7 Å². The summed E-state index contributed by atoms with van der Waals surface area (Å²) in [6.07, 6.45) is 1.00. The van der Waals surface area contributed by atoms with E-state index in [1.807, 2.05) is 0 Å². The highest BCUT2D eigenvalue weighted by molar-refractivity contribution is 9.10. The minimum Gasteiger partial charge on any atom is -0.478 e. The fourth-order valence-electron chi connectivity index (χ4n) is 2.08. The Hall–Kier alpha value is -1.60. The van der Waals surface area contributed by atoms with Crippen LogP contribution in [0.25, 0.3) is 0 Å². The Bertz CT molecular complexity index is 535. The van der Waals surface area contributed by atoms with E-state index in [0.29, 0.717) is 29.7 Å². The van der Waals surface area contributed by atoms with Crippen LogP contribution in [-0.2, 0) is 0 Å². The summed E-state index contributed by atoms with van der Waals surface area (Å²) >= 11 is 3.23. The van der Waals surface area contributed by atoms with Gasteiger partial charge in [-0.1, -0.05) is 0 Å². The topological polar surface area (TPSA) is 89.9 Å². The van der Waals surface area contributed by atoms with Crippen LogP contribution in [0.2, 0.25) is 0 Å². The minimum absolute atomic E-state index is 0.142. The molecule has 1 aliphatic rings. The van der Waals surface area contributed by atoms with Crippen molar-refractivity contribution >= 4 is 33.6 Å². The molecule has 1 aromatic carbocycles. The van der Waals surface area contributed by atoms with E-state index < -0.39 is 12.1 Å². The minimum atomic E-state index is -1.03. The smallest absolute Gasteiger partial charge is 0.335 e. The van der Waals surface area contributed by atoms with E-state index in [1.165, 1.54) is 18.2 Å². The quantitative estimate of drug-likeness (QED) is 0.767. The van der Waals surface area contributed by atoms with E-state index in [1.54, 1.807) is 4.90 Å². The Labute approximate surface area is 124 Å². The van der Waals surface area contributed by atoms with E-state index in [-0.39, 0.29) is 11.6 Å². The number of aromatic carboxylic acids is 1. The molecule has 0 spiro atoms. The number of carboxylic acids is 1. The molecule has 1 aromatic rings. The molecule has 1 aliphatic heterocycles. The zero-order valence-electron chi connectivity index (χ0n) is 10.7. The molecule has 0 radical (unpaired) electrons. The van der Waals surface area contributed by atoms with Gasteiger partial charge in [-0.3, -0.25) is 0 Å². The summed E-state index contributed by atoms with van der Waals surface area (Å²) < 4.78 is 0.503. The number of urea groups is 1. The summed E-state index contributed by atoms with van der Waals surface area (Å²) in [6.45, 7) is 0.921. The van der Waals surface area contributed by atoms with Gasteiger partial charge in [0.15, 0.2) is 0 Å². The highest BCUT2D eigenvalue weighted by Crippen LogP contribution is 2.24. The van der Waals surface area contributed by atoms with Crippen LogP contribution in [0.5, 0.6) is 0 Å². The third-order valence-corrected chi connectivity index (χ3v) is 3.80. The standard InChI is InChI=1S/C13H15BrN2O4/c14-10-6-8(12(18)19)3-4-11(10)15-13(20)16-5-1-2-9(17)7-16/h3-4,6,9,17H,1-2,5,7H2,(H,15,20)(H,18,19). The Balaban J connectivity index is 2.06. The number of amides is 2. The highest BCUT2D eigenvalue weighted by Gasteiger charge is 2.22. The molecule has 1 heterocycles. The fourth-order valence-corrected chi connectivity index (χ4v) is 2.56. The molecule has 0 saturated carbocycles. The summed E-state index contributed by atoms with van der Waals surface area (Å²) in [5.74, 6) is -1.03. The molecule has 2 rings (SSSR count). The number of nitrogens with zero attached hydrogens (tertiary/aromatic N) is 1. The van der Waals surface area contributed by atoms with Gasteiger partial charge in [0, 0.05) is 17.6 Å². The number of hydrogen-bond donors (Lipinski definition) is 3. The second-order valence-corrected chi connectivity index (χ2v) is 5.53. The molecule has 7 heteroatoms. The molecule has 20 heavy (non-hydrogen) atoms. The van der Waals surface area contributed by atoms with Crippen LogP contribution >= 0.6 is 15.9 Å². The maximum atomic E-state index is 12.1. The highest BCUT2D eigenvalue weighted by atomic mass is 79.9. The van der Waals surface area contributed by atoms with Crippen LogP contribution in [0.3, 0.4) is 0 Å². The van der Waals surface area contributed by atoms with Gasteiger partial charge in [-0.25, -0.2) is 9.59 Å². The third kappa shape index (κ3) is 3.49. The van der Waals surface area contributed by atoms with Gasteiger partial charge in [0.25, 0.3) is 0 Å². The van der Waals surface area contributed by atoms with E-state index in [2.05, 4.69) is 21.2 Å². The molecule has 108 valence electrons. The van der Waals surface area contributed by atoms with Crippen molar-refractivity contribution in [1.29, 1.82) is 0 Å². The predicted molar refractivity (Wildman–Crippen MR) is 76.9 cm³/mol. The average molecular weight is 343 g/mol. The van der Waals surface area contributed by atoms with Crippen molar-refractivity contribution in [3.8, 4) is 0 Å². The molecule has 3 N–H and O–H groups in total. The molecule has 1 atom stereocenters. The van der Waals surface area contributed by atoms with E-state index in [4.69, 9.17) is 5.11 Å². The first-order valence-corrected chi connectivity index (χ1v) is 7.03. The Morgan fingerprint density at radius 3 is 2.75 bits per heavy atom. The molecule has 2 amide bonds. The number of halogens is 1. The summed E-state index contributed by atoms with van der Waals surface area (Å²) in [5.41, 5.74) is 0.642. The number of aliphatic hydroxyl groups is 1. The number of piperidine rings is 1. The monoisotopic (exact) mass is 342 g/mol. The number of rotatable bonds is 2. The van der Waals surface area contributed by atoms with Crippen molar-refractivity contribution in [2.75, 3.05) is 18.4 Å². The van der Waals surface area contributed by atoms with Gasteiger partial charge >= 0.3 is 12.0 Å². The number of benzene rings is 1. The number of aliphatic hydroxyl groups excluding tert-OH is 1. The lowest BCUT2D eigenvalue weighted by Crippen LogP contribution is -2.44. The largest absolute Gasteiger partial charge is 0.478 e. The first-order valence-electron chi connectivity index (χ1n) is 6.24. The molecule has 1 saturated heterocycles. The zero-order valence-corrected chi connectivity index (χ0v) is 12.3. The lowest BCUT2D eigenvalue weighted by atomic mass is 10.1. The number of likely N-dealkylation sites (tertiary alicyclic amines) is 1. The number of β-amino-alcohol motifs (C(OH)–C–C–N with tert-alkyl or cyclic N) is 1. The maximum Gasteiger partial charge on any atom is 0.335 e. The number of hydrogen-bond acceptors (Lipinski definition) is 3. The zero-order chi connectivity index (χ0) is 14.7. The predicted octanol–water partition coefficient (Wildman–Crippen LogP) is 2.14. The molecule has 0 aromatic heterocycles. The average Bonchev–Trinajstić information content (AvgIpc) is 2.40. The van der Waals surface area contributed by atoms with E-state index >= 15 is 0 Å². The fraction of sp³-hybridized carbons (Fsp3) is 0.385. The van der Waals surface area contributed by atoms with Crippen LogP contribution in [-0.4, -0.2) is 46.3 Å². The molecule has 1 fully saturated rings. The molecule has 0 aliphatic carbocycles. The molecule has 6 nitrogen and oxygen atoms in total. The summed E-state index contributed by atoms with van der Waals surface area (Å²) in [4.78, 5) is 24.4. The Kier molecular flexibility index (Phi) is 4.61. The van der Waals surface area contributed by atoms with Crippen LogP contribution in [0.1, 0.15) is 23.2 Å². The van der Waals surface area contributed by atoms with Gasteiger partial charge in [-0.05, 0) is 47.0 Å². The van der Waals surface area contributed by atoms with Crippen molar-refractivity contribution < 1.29 is 19.8 Å². The maximum absolute atomic E-state index is 12.1. The van der Waals surface area contributed by atoms with Crippen molar-refractivity contribution in [1.82, 2.24) is 4.90 Å². The Morgan fingerprint density at radius 1 is 1.40 bits per heavy atom. The lowest BCUT2D eigenvalue weighted by Gasteiger charge is -2.30. The molecular formula is C13H15BrN2O4. The first kappa shape index (κ1) is 14.8. The van der Waals surface area contributed by atoms with Crippen molar-refractivity contribution in [2.45, 2.75) is 18.9 Å². The third-order valence-electron chi connectivity index (χ3n) is 3.14. The number of anilines is 1. The van der Waals surface area contributed by atoms with Crippen molar-refractivity contribution in [2.24, 2.45) is 0 Å². The second kappa shape index (κ2) is 6.23. The summed E-state index contributed by atoms with van der Waals surface area (Å²) in [5, 5.41) is 21.1. The molecular weight excluding hydrogens is 328 g/mol.